The highest BCUT2D eigenvalue weighted by Crippen LogP contribution is 2.32. The van der Waals surface area contributed by atoms with Gasteiger partial charge in [-0.05, 0) is 25.0 Å². The summed E-state index contributed by atoms with van der Waals surface area (Å²) in [6.07, 6.45) is -0.0822. The van der Waals surface area contributed by atoms with Crippen LogP contribution in [0.25, 0.3) is 0 Å². The quantitative estimate of drug-likeness (QED) is 0.763. The maximum Gasteiger partial charge on any atom is 0.573 e. The summed E-state index contributed by atoms with van der Waals surface area (Å²) in [5.74, 6) is -0.510. The Morgan fingerprint density at radius 2 is 1.96 bits per heavy atom. The normalized spacial score (nSPS) is 18.9. The average Bonchev–Trinajstić information content (AvgIpc) is 2.62. The molecular weight excluding hydrogens is 387 g/mol. The second kappa shape index (κ2) is 7.69. The lowest BCUT2D eigenvalue weighted by atomic mass is 10.1. The van der Waals surface area contributed by atoms with Crippen molar-refractivity contribution in [3.05, 3.63) is 42.9 Å². The summed E-state index contributed by atoms with van der Waals surface area (Å²) in [5, 5.41) is 0. The van der Waals surface area contributed by atoms with E-state index in [9.17, 15) is 21.6 Å². The Labute approximate surface area is 153 Å². The van der Waals surface area contributed by atoms with Crippen molar-refractivity contribution in [2.24, 2.45) is 0 Å². The summed E-state index contributed by atoms with van der Waals surface area (Å²) in [7, 11) is -4.20. The number of hydrogen-bond acceptors (Lipinski definition) is 6. The standard InChI is InChI=1S/C16H16F3N3O4S/c17-16(18,19)26-13-5-1-2-6-14(13)27(23,24)22-9-3-4-12(11-22)25-15-10-20-7-8-21-15/h1-2,5-8,10,12H,3-4,9,11H2. The third kappa shape index (κ3) is 4.86. The highest BCUT2D eigenvalue weighted by molar-refractivity contribution is 7.89. The molecule has 0 spiro atoms. The molecule has 1 aliphatic heterocycles. The summed E-state index contributed by atoms with van der Waals surface area (Å²) >= 11 is 0. The summed E-state index contributed by atoms with van der Waals surface area (Å²) in [6, 6.07) is 4.67. The van der Waals surface area contributed by atoms with Gasteiger partial charge in [-0.1, -0.05) is 12.1 Å². The van der Waals surface area contributed by atoms with Crippen molar-refractivity contribution in [1.29, 1.82) is 0 Å². The van der Waals surface area contributed by atoms with Crippen LogP contribution < -0.4 is 9.47 Å². The van der Waals surface area contributed by atoms with E-state index in [0.29, 0.717) is 12.8 Å². The van der Waals surface area contributed by atoms with Gasteiger partial charge in [-0.3, -0.25) is 4.98 Å². The van der Waals surface area contributed by atoms with Crippen molar-refractivity contribution in [3.8, 4) is 11.6 Å². The molecule has 2 heterocycles. The van der Waals surface area contributed by atoms with Crippen LogP contribution in [-0.4, -0.2) is 48.2 Å². The van der Waals surface area contributed by atoms with Crippen LogP contribution in [-0.2, 0) is 10.0 Å². The van der Waals surface area contributed by atoms with Crippen molar-refractivity contribution in [1.82, 2.24) is 14.3 Å². The van der Waals surface area contributed by atoms with Crippen LogP contribution in [0.1, 0.15) is 12.8 Å². The number of para-hydroxylation sites is 1. The van der Waals surface area contributed by atoms with Crippen LogP contribution in [0.15, 0.2) is 47.8 Å². The van der Waals surface area contributed by atoms with Gasteiger partial charge in [0.05, 0.1) is 12.7 Å². The molecule has 0 saturated carbocycles. The third-order valence-electron chi connectivity index (χ3n) is 3.86. The molecule has 1 aromatic heterocycles. The molecule has 1 atom stereocenters. The van der Waals surface area contributed by atoms with Crippen molar-refractivity contribution in [3.63, 3.8) is 0 Å². The van der Waals surface area contributed by atoms with E-state index in [4.69, 9.17) is 4.74 Å². The zero-order valence-electron chi connectivity index (χ0n) is 14.0. The molecule has 2 aromatic rings. The number of piperidine rings is 1. The number of ether oxygens (including phenoxy) is 2. The SMILES string of the molecule is O=S(=O)(c1ccccc1OC(F)(F)F)N1CCCC(Oc2cnccn2)C1. The van der Waals surface area contributed by atoms with E-state index in [-0.39, 0.29) is 19.0 Å². The monoisotopic (exact) mass is 403 g/mol. The first-order valence-corrected chi connectivity index (χ1v) is 9.47. The van der Waals surface area contributed by atoms with Crippen LogP contribution in [0.3, 0.4) is 0 Å². The number of halogens is 3. The first kappa shape index (κ1) is 19.4. The maximum absolute atomic E-state index is 12.9. The summed E-state index contributed by atoms with van der Waals surface area (Å²) in [4.78, 5) is 7.30. The topological polar surface area (TPSA) is 81.6 Å². The molecule has 27 heavy (non-hydrogen) atoms. The van der Waals surface area contributed by atoms with Crippen LogP contribution in [0, 0.1) is 0 Å². The first-order chi connectivity index (χ1) is 12.8. The van der Waals surface area contributed by atoms with Crippen LogP contribution in [0.4, 0.5) is 13.2 Å². The number of benzene rings is 1. The molecule has 0 aliphatic carbocycles. The van der Waals surface area contributed by atoms with Gasteiger partial charge in [0, 0.05) is 18.9 Å². The first-order valence-electron chi connectivity index (χ1n) is 8.03. The predicted molar refractivity (Wildman–Crippen MR) is 87.6 cm³/mol. The van der Waals surface area contributed by atoms with Crippen LogP contribution in [0.2, 0.25) is 0 Å². The smallest absolute Gasteiger partial charge is 0.472 e. The Kier molecular flexibility index (Phi) is 5.51. The summed E-state index contributed by atoms with van der Waals surface area (Å²) in [5.41, 5.74) is 0. The average molecular weight is 403 g/mol. The number of alkyl halides is 3. The molecule has 0 bridgehead atoms. The van der Waals surface area contributed by atoms with Crippen molar-refractivity contribution in [2.45, 2.75) is 30.2 Å². The highest BCUT2D eigenvalue weighted by atomic mass is 32.2. The Hall–Kier alpha value is -2.40. The van der Waals surface area contributed by atoms with E-state index in [1.54, 1.807) is 0 Å². The van der Waals surface area contributed by atoms with Crippen molar-refractivity contribution in [2.75, 3.05) is 13.1 Å². The molecule has 1 aromatic carbocycles. The molecule has 0 radical (unpaired) electrons. The largest absolute Gasteiger partial charge is 0.573 e. The lowest BCUT2D eigenvalue weighted by Gasteiger charge is -2.32. The number of rotatable bonds is 5. The van der Waals surface area contributed by atoms with Gasteiger partial charge in [-0.15, -0.1) is 13.2 Å². The van der Waals surface area contributed by atoms with Crippen LogP contribution in [0.5, 0.6) is 11.6 Å². The van der Waals surface area contributed by atoms with Crippen molar-refractivity contribution < 1.29 is 31.1 Å². The van der Waals surface area contributed by atoms with E-state index < -0.39 is 33.1 Å². The van der Waals surface area contributed by atoms with E-state index in [2.05, 4.69) is 14.7 Å². The zero-order chi connectivity index (χ0) is 19.5. The molecule has 7 nitrogen and oxygen atoms in total. The molecular formula is C16H16F3N3O4S. The molecule has 1 saturated heterocycles. The summed E-state index contributed by atoms with van der Waals surface area (Å²) in [6.45, 7) is 0.155. The van der Waals surface area contributed by atoms with E-state index in [1.807, 2.05) is 0 Å². The third-order valence-corrected chi connectivity index (χ3v) is 5.77. The fourth-order valence-electron chi connectivity index (χ4n) is 2.75. The summed E-state index contributed by atoms with van der Waals surface area (Å²) < 4.78 is 74.2. The van der Waals surface area contributed by atoms with Gasteiger partial charge in [0.2, 0.25) is 15.9 Å². The predicted octanol–water partition coefficient (Wildman–Crippen LogP) is 2.61. The zero-order valence-corrected chi connectivity index (χ0v) is 14.8. The van der Waals surface area contributed by atoms with E-state index in [0.717, 1.165) is 16.4 Å². The Morgan fingerprint density at radius 3 is 2.67 bits per heavy atom. The van der Waals surface area contributed by atoms with Gasteiger partial charge in [0.15, 0.2) is 0 Å². The van der Waals surface area contributed by atoms with Gasteiger partial charge in [0.1, 0.15) is 16.7 Å². The van der Waals surface area contributed by atoms with Gasteiger partial charge in [-0.2, -0.15) is 4.31 Å². The molecule has 1 unspecified atom stereocenters. The number of sulfonamides is 1. The minimum atomic E-state index is -4.99. The molecule has 1 fully saturated rings. The lowest BCUT2D eigenvalue weighted by Crippen LogP contribution is -2.44. The Morgan fingerprint density at radius 1 is 1.19 bits per heavy atom. The highest BCUT2D eigenvalue weighted by Gasteiger charge is 2.37. The molecule has 0 N–H and O–H groups in total. The van der Waals surface area contributed by atoms with Gasteiger partial charge >= 0.3 is 6.36 Å². The molecule has 146 valence electrons. The lowest BCUT2D eigenvalue weighted by molar-refractivity contribution is -0.275. The fourth-order valence-corrected chi connectivity index (χ4v) is 4.37. The second-order valence-corrected chi connectivity index (χ2v) is 7.69. The van der Waals surface area contributed by atoms with Gasteiger partial charge in [0.25, 0.3) is 0 Å². The Balaban J connectivity index is 1.80. The molecule has 3 rings (SSSR count). The van der Waals surface area contributed by atoms with Gasteiger partial charge < -0.3 is 9.47 Å². The van der Waals surface area contributed by atoms with Gasteiger partial charge in [-0.25, -0.2) is 13.4 Å². The second-order valence-electron chi connectivity index (χ2n) is 5.78. The minimum Gasteiger partial charge on any atom is -0.472 e. The van der Waals surface area contributed by atoms with Crippen molar-refractivity contribution >= 4 is 10.0 Å². The minimum absolute atomic E-state index is 0.0146. The molecule has 11 heteroatoms. The van der Waals surface area contributed by atoms with E-state index >= 15 is 0 Å². The number of hydrogen-bond donors (Lipinski definition) is 0. The molecule has 1 aliphatic rings. The Bertz CT molecular complexity index is 878. The number of nitrogens with zero attached hydrogens (tertiary/aromatic N) is 3. The number of aromatic nitrogens is 2. The van der Waals surface area contributed by atoms with Crippen LogP contribution >= 0.6 is 0 Å². The fraction of sp³-hybridized carbons (Fsp3) is 0.375. The molecule has 0 amide bonds. The van der Waals surface area contributed by atoms with E-state index in [1.165, 1.54) is 30.7 Å². The maximum atomic E-state index is 12.9.